The van der Waals surface area contributed by atoms with Gasteiger partial charge in [0.05, 0.1) is 17.8 Å². The van der Waals surface area contributed by atoms with Gasteiger partial charge in [0.25, 0.3) is 0 Å². The Morgan fingerprint density at radius 3 is 2.86 bits per heavy atom. The van der Waals surface area contributed by atoms with Crippen molar-refractivity contribution in [2.45, 2.75) is 25.4 Å². The zero-order valence-electron chi connectivity index (χ0n) is 15.5. The van der Waals surface area contributed by atoms with Crippen LogP contribution in [0.2, 0.25) is 0 Å². The number of nitrogens with one attached hydrogen (secondary N) is 1. The number of halogens is 1. The van der Waals surface area contributed by atoms with Crippen LogP contribution in [0.5, 0.6) is 5.75 Å². The van der Waals surface area contributed by atoms with Crippen LogP contribution in [0.3, 0.4) is 0 Å². The molecule has 0 radical (unpaired) electrons. The number of ether oxygens (including phenoxy) is 1. The Hall–Kier alpha value is -3.15. The third kappa shape index (κ3) is 4.39. The lowest BCUT2D eigenvalue weighted by molar-refractivity contribution is -0.129. The van der Waals surface area contributed by atoms with Crippen LogP contribution in [0.15, 0.2) is 60.7 Å². The second-order valence-electron chi connectivity index (χ2n) is 7.05. The molecular formula is C22H22FN3O2. The molecule has 5 nitrogen and oxygen atoms in total. The summed E-state index contributed by atoms with van der Waals surface area (Å²) in [5.41, 5.74) is 2.80. The first-order chi connectivity index (χ1) is 13.7. The number of aromatic amines is 1. The summed E-state index contributed by atoms with van der Waals surface area (Å²) < 4.78 is 18.8. The molecule has 0 saturated carbocycles. The second kappa shape index (κ2) is 8.25. The van der Waals surface area contributed by atoms with Gasteiger partial charge >= 0.3 is 0 Å². The maximum absolute atomic E-state index is 13.2. The van der Waals surface area contributed by atoms with Gasteiger partial charge in [-0.25, -0.2) is 4.39 Å². The number of aromatic nitrogens is 2. The quantitative estimate of drug-likeness (QED) is 0.711. The smallest absolute Gasteiger partial charge is 0.227 e. The van der Waals surface area contributed by atoms with Gasteiger partial charge in [-0.15, -0.1) is 0 Å². The average molecular weight is 379 g/mol. The van der Waals surface area contributed by atoms with Crippen molar-refractivity contribution in [1.82, 2.24) is 15.1 Å². The number of likely N-dealkylation sites (tertiary alicyclic amines) is 1. The van der Waals surface area contributed by atoms with Crippen molar-refractivity contribution in [3.05, 3.63) is 83.4 Å². The molecule has 3 aromatic rings. The molecule has 1 N–H and O–H groups in total. The summed E-state index contributed by atoms with van der Waals surface area (Å²) in [5.74, 6) is 0.529. The van der Waals surface area contributed by atoms with E-state index in [2.05, 4.69) is 10.2 Å². The third-order valence-electron chi connectivity index (χ3n) is 5.00. The summed E-state index contributed by atoms with van der Waals surface area (Å²) >= 11 is 0. The van der Waals surface area contributed by atoms with E-state index in [0.717, 1.165) is 29.9 Å². The van der Waals surface area contributed by atoms with Gasteiger partial charge in [0, 0.05) is 25.1 Å². The average Bonchev–Trinajstić information content (AvgIpc) is 3.37. The molecule has 0 unspecified atom stereocenters. The molecule has 1 saturated heterocycles. The minimum absolute atomic E-state index is 0.152. The number of rotatable bonds is 6. The maximum Gasteiger partial charge on any atom is 0.227 e. The number of carbonyl (C=O) groups is 1. The number of nitrogens with zero attached hydrogens (tertiary/aromatic N) is 2. The Morgan fingerprint density at radius 2 is 2.04 bits per heavy atom. The summed E-state index contributed by atoms with van der Waals surface area (Å²) in [7, 11) is 0. The van der Waals surface area contributed by atoms with Crippen LogP contribution in [0.4, 0.5) is 4.39 Å². The van der Waals surface area contributed by atoms with E-state index in [1.54, 1.807) is 12.1 Å². The molecule has 2 heterocycles. The number of hydrogen-bond donors (Lipinski definition) is 1. The van der Waals surface area contributed by atoms with Gasteiger partial charge in [0.1, 0.15) is 18.2 Å². The van der Waals surface area contributed by atoms with E-state index < -0.39 is 0 Å². The highest BCUT2D eigenvalue weighted by atomic mass is 19.1. The summed E-state index contributed by atoms with van der Waals surface area (Å²) in [6, 6.07) is 17.8. The normalized spacial score (nSPS) is 16.3. The molecule has 6 heteroatoms. The molecule has 1 aliphatic rings. The van der Waals surface area contributed by atoms with Crippen molar-refractivity contribution in [3.8, 4) is 5.75 Å². The number of hydrogen-bond acceptors (Lipinski definition) is 3. The Bertz CT molecular complexity index is 942. The summed E-state index contributed by atoms with van der Waals surface area (Å²) in [5, 5.41) is 7.37. The lowest BCUT2D eigenvalue weighted by atomic mass is 10.1. The van der Waals surface area contributed by atoms with Crippen LogP contribution < -0.4 is 4.74 Å². The predicted molar refractivity (Wildman–Crippen MR) is 103 cm³/mol. The van der Waals surface area contributed by atoms with Crippen LogP contribution in [-0.2, 0) is 17.8 Å². The van der Waals surface area contributed by atoms with Crippen molar-refractivity contribution in [3.63, 3.8) is 0 Å². The third-order valence-corrected chi connectivity index (χ3v) is 5.00. The monoisotopic (exact) mass is 379 g/mol. The molecule has 1 atom stereocenters. The van der Waals surface area contributed by atoms with Crippen LogP contribution in [0, 0.1) is 5.82 Å². The van der Waals surface area contributed by atoms with E-state index in [0.29, 0.717) is 25.3 Å². The highest BCUT2D eigenvalue weighted by Crippen LogP contribution is 2.27. The molecule has 4 rings (SSSR count). The Labute approximate surface area is 163 Å². The van der Waals surface area contributed by atoms with Gasteiger partial charge in [-0.2, -0.15) is 5.10 Å². The Kier molecular flexibility index (Phi) is 5.37. The SMILES string of the molecule is O=C(Cc1ccccc1)N1CC[C@H](c2cc(COc3cccc(F)c3)[nH]n2)C1. The van der Waals surface area contributed by atoms with Crippen LogP contribution in [0.1, 0.15) is 29.3 Å². The van der Waals surface area contributed by atoms with E-state index in [9.17, 15) is 9.18 Å². The molecule has 144 valence electrons. The Balaban J connectivity index is 1.31. The van der Waals surface area contributed by atoms with E-state index in [-0.39, 0.29) is 17.6 Å². The highest BCUT2D eigenvalue weighted by molar-refractivity contribution is 5.79. The van der Waals surface area contributed by atoms with Crippen molar-refractivity contribution in [2.75, 3.05) is 13.1 Å². The minimum Gasteiger partial charge on any atom is -0.487 e. The van der Waals surface area contributed by atoms with Crippen molar-refractivity contribution < 1.29 is 13.9 Å². The van der Waals surface area contributed by atoms with Gasteiger partial charge < -0.3 is 9.64 Å². The van der Waals surface area contributed by atoms with Crippen molar-refractivity contribution in [1.29, 1.82) is 0 Å². The minimum atomic E-state index is -0.325. The molecule has 0 bridgehead atoms. The van der Waals surface area contributed by atoms with Gasteiger partial charge in [0.2, 0.25) is 5.91 Å². The molecule has 0 aliphatic carbocycles. The predicted octanol–water partition coefficient (Wildman–Crippen LogP) is 3.69. The molecule has 0 spiro atoms. The van der Waals surface area contributed by atoms with E-state index in [4.69, 9.17) is 4.74 Å². The molecule has 2 aromatic carbocycles. The molecule has 1 aliphatic heterocycles. The highest BCUT2D eigenvalue weighted by Gasteiger charge is 2.28. The maximum atomic E-state index is 13.2. The number of amides is 1. The largest absolute Gasteiger partial charge is 0.487 e. The molecule has 28 heavy (non-hydrogen) atoms. The van der Waals surface area contributed by atoms with Crippen LogP contribution in [0.25, 0.3) is 0 Å². The topological polar surface area (TPSA) is 58.2 Å². The second-order valence-corrected chi connectivity index (χ2v) is 7.05. The number of carbonyl (C=O) groups excluding carboxylic acids is 1. The zero-order valence-corrected chi connectivity index (χ0v) is 15.5. The van der Waals surface area contributed by atoms with E-state index >= 15 is 0 Å². The lowest BCUT2D eigenvalue weighted by Gasteiger charge is -2.16. The molecular weight excluding hydrogens is 357 g/mol. The molecule has 1 aromatic heterocycles. The number of benzene rings is 2. The first kappa shape index (κ1) is 18.2. The van der Waals surface area contributed by atoms with Crippen molar-refractivity contribution >= 4 is 5.91 Å². The van der Waals surface area contributed by atoms with Gasteiger partial charge in [-0.1, -0.05) is 36.4 Å². The number of H-pyrrole nitrogens is 1. The molecule has 1 fully saturated rings. The van der Waals surface area contributed by atoms with E-state index in [1.807, 2.05) is 41.3 Å². The lowest BCUT2D eigenvalue weighted by Crippen LogP contribution is -2.29. The summed E-state index contributed by atoms with van der Waals surface area (Å²) in [6.07, 6.45) is 1.33. The zero-order chi connectivity index (χ0) is 19.3. The first-order valence-electron chi connectivity index (χ1n) is 9.41. The van der Waals surface area contributed by atoms with Crippen LogP contribution >= 0.6 is 0 Å². The van der Waals surface area contributed by atoms with E-state index in [1.165, 1.54) is 12.1 Å². The standard InChI is InChI=1S/C22H22FN3O2/c23-18-7-4-8-20(12-18)28-15-19-13-21(25-24-19)17-9-10-26(14-17)22(27)11-16-5-2-1-3-6-16/h1-8,12-13,17H,9-11,14-15H2,(H,24,25)/t17-/m0/s1. The van der Waals surface area contributed by atoms with Crippen LogP contribution in [-0.4, -0.2) is 34.1 Å². The summed E-state index contributed by atoms with van der Waals surface area (Å²) in [6.45, 7) is 1.72. The summed E-state index contributed by atoms with van der Waals surface area (Å²) in [4.78, 5) is 14.4. The van der Waals surface area contributed by atoms with Crippen molar-refractivity contribution in [2.24, 2.45) is 0 Å². The fraction of sp³-hybridized carbons (Fsp3) is 0.273. The van der Waals surface area contributed by atoms with Gasteiger partial charge in [-0.3, -0.25) is 9.89 Å². The Morgan fingerprint density at radius 1 is 1.18 bits per heavy atom. The first-order valence-corrected chi connectivity index (χ1v) is 9.41. The fourth-order valence-electron chi connectivity index (χ4n) is 3.49. The van der Waals surface area contributed by atoms with Gasteiger partial charge in [0.15, 0.2) is 0 Å². The fourth-order valence-corrected chi connectivity index (χ4v) is 3.49. The van der Waals surface area contributed by atoms with Gasteiger partial charge in [-0.05, 0) is 30.2 Å². The molecule has 1 amide bonds.